The molecule has 2 aromatic carbocycles. The Balaban J connectivity index is 2.05. The highest BCUT2D eigenvalue weighted by molar-refractivity contribution is 6.21. The summed E-state index contributed by atoms with van der Waals surface area (Å²) < 4.78 is 2.31. The average Bonchev–Trinajstić information content (AvgIpc) is 3.02. The van der Waals surface area contributed by atoms with Crippen molar-refractivity contribution in [1.82, 2.24) is 14.5 Å². The maximum Gasteiger partial charge on any atom is 0.255 e. The molecule has 4 aromatic rings. The molecule has 1 N–H and O–H groups in total. The second kappa shape index (κ2) is 7.24. The first kappa shape index (κ1) is 18.4. The van der Waals surface area contributed by atoms with Crippen LogP contribution in [0.3, 0.4) is 0 Å². The van der Waals surface area contributed by atoms with E-state index in [9.17, 15) is 9.59 Å². The van der Waals surface area contributed by atoms with Crippen LogP contribution in [0.15, 0.2) is 47.4 Å². The van der Waals surface area contributed by atoms with Gasteiger partial charge in [-0.2, -0.15) is 0 Å². The van der Waals surface area contributed by atoms with Crippen LogP contribution in [0.5, 0.6) is 0 Å². The van der Waals surface area contributed by atoms with E-state index in [1.54, 1.807) is 13.1 Å². The van der Waals surface area contributed by atoms with E-state index >= 15 is 0 Å². The predicted octanol–water partition coefficient (Wildman–Crippen LogP) is 4.18. The summed E-state index contributed by atoms with van der Waals surface area (Å²) in [6, 6.07) is 11.8. The molecular formula is C23H25N3O2. The van der Waals surface area contributed by atoms with Gasteiger partial charge in [-0.05, 0) is 61.8 Å². The molecule has 2 aromatic heterocycles. The molecule has 0 fully saturated rings. The summed E-state index contributed by atoms with van der Waals surface area (Å²) in [5.74, 6) is 0.0454. The number of aromatic nitrogens is 2. The zero-order valence-electron chi connectivity index (χ0n) is 16.6. The van der Waals surface area contributed by atoms with Crippen molar-refractivity contribution in [2.24, 2.45) is 0 Å². The zero-order chi connectivity index (χ0) is 19.8. The maximum absolute atomic E-state index is 12.3. The summed E-state index contributed by atoms with van der Waals surface area (Å²) in [6.07, 6.45) is 1.69. The minimum atomic E-state index is -0.0915. The normalized spacial score (nSPS) is 11.9. The Labute approximate surface area is 163 Å². The highest BCUT2D eigenvalue weighted by atomic mass is 16.1. The summed E-state index contributed by atoms with van der Waals surface area (Å²) >= 11 is 0. The van der Waals surface area contributed by atoms with Crippen LogP contribution in [-0.2, 0) is 6.54 Å². The van der Waals surface area contributed by atoms with E-state index in [-0.39, 0.29) is 11.3 Å². The van der Waals surface area contributed by atoms with Gasteiger partial charge in [0.15, 0.2) is 5.78 Å². The van der Waals surface area contributed by atoms with E-state index in [1.165, 1.54) is 0 Å². The van der Waals surface area contributed by atoms with E-state index in [0.29, 0.717) is 10.9 Å². The molecule has 0 aliphatic heterocycles. The van der Waals surface area contributed by atoms with Crippen molar-refractivity contribution in [3.05, 3.63) is 58.5 Å². The van der Waals surface area contributed by atoms with Gasteiger partial charge in [0.2, 0.25) is 0 Å². The second-order valence-electron chi connectivity index (χ2n) is 7.19. The number of carbonyl (C=O) groups excluding carboxylic acids is 1. The number of carbonyl (C=O) groups is 1. The molecule has 0 saturated carbocycles. The molecule has 4 rings (SSSR count). The van der Waals surface area contributed by atoms with Gasteiger partial charge in [-0.3, -0.25) is 9.59 Å². The van der Waals surface area contributed by atoms with Crippen molar-refractivity contribution < 1.29 is 4.79 Å². The number of nitrogens with one attached hydrogen (secondary N) is 1. The van der Waals surface area contributed by atoms with Gasteiger partial charge < -0.3 is 14.5 Å². The minimum Gasteiger partial charge on any atom is -0.339 e. The number of nitrogens with zero attached hydrogens (tertiary/aromatic N) is 2. The SMILES string of the molecule is CCN(CC)CCn1c2ccc(C(C)=O)cc2c2c3cc[nH]c(=O)c3ccc21. The van der Waals surface area contributed by atoms with Gasteiger partial charge in [0.05, 0.1) is 0 Å². The molecule has 0 saturated heterocycles. The number of likely N-dealkylation sites (N-methyl/N-ethyl adjacent to an activating group) is 1. The van der Waals surface area contributed by atoms with Crippen LogP contribution >= 0.6 is 0 Å². The molecule has 0 aliphatic carbocycles. The van der Waals surface area contributed by atoms with Crippen LogP contribution in [0.25, 0.3) is 32.6 Å². The number of rotatable bonds is 6. The molecule has 0 amide bonds. The molecule has 0 bridgehead atoms. The van der Waals surface area contributed by atoms with Crippen molar-refractivity contribution in [2.75, 3.05) is 19.6 Å². The summed E-state index contributed by atoms with van der Waals surface area (Å²) in [5, 5.41) is 3.67. The van der Waals surface area contributed by atoms with E-state index < -0.39 is 0 Å². The van der Waals surface area contributed by atoms with Crippen LogP contribution in [0.2, 0.25) is 0 Å². The quantitative estimate of drug-likeness (QED) is 0.514. The lowest BCUT2D eigenvalue weighted by molar-refractivity contribution is 0.101. The van der Waals surface area contributed by atoms with Crippen LogP contribution in [0.1, 0.15) is 31.1 Å². The van der Waals surface area contributed by atoms with E-state index in [0.717, 1.165) is 53.4 Å². The fraction of sp³-hybridized carbons (Fsp3) is 0.304. The van der Waals surface area contributed by atoms with Crippen LogP contribution in [0, 0.1) is 0 Å². The van der Waals surface area contributed by atoms with Crippen molar-refractivity contribution in [3.63, 3.8) is 0 Å². The highest BCUT2D eigenvalue weighted by Crippen LogP contribution is 2.34. The Hall–Kier alpha value is -2.92. The molecule has 144 valence electrons. The van der Waals surface area contributed by atoms with Crippen LogP contribution in [0.4, 0.5) is 0 Å². The first-order valence-electron chi connectivity index (χ1n) is 9.84. The average molecular weight is 375 g/mol. The maximum atomic E-state index is 12.3. The zero-order valence-corrected chi connectivity index (χ0v) is 16.6. The van der Waals surface area contributed by atoms with Gasteiger partial charge in [-0.25, -0.2) is 0 Å². The number of H-pyrrole nitrogens is 1. The summed E-state index contributed by atoms with van der Waals surface area (Å²) in [5.41, 5.74) is 2.80. The summed E-state index contributed by atoms with van der Waals surface area (Å²) in [4.78, 5) is 29.4. The molecule has 28 heavy (non-hydrogen) atoms. The topological polar surface area (TPSA) is 58.1 Å². The van der Waals surface area contributed by atoms with Gasteiger partial charge in [-0.15, -0.1) is 0 Å². The third-order valence-corrected chi connectivity index (χ3v) is 5.72. The number of hydrogen-bond donors (Lipinski definition) is 1. The third-order valence-electron chi connectivity index (χ3n) is 5.72. The molecule has 0 spiro atoms. The summed E-state index contributed by atoms with van der Waals surface area (Å²) in [7, 11) is 0. The second-order valence-corrected chi connectivity index (χ2v) is 7.19. The Kier molecular flexibility index (Phi) is 4.77. The Morgan fingerprint density at radius 3 is 2.46 bits per heavy atom. The van der Waals surface area contributed by atoms with Gasteiger partial charge >= 0.3 is 0 Å². The third kappa shape index (κ3) is 2.92. The first-order chi connectivity index (χ1) is 13.5. The molecule has 5 heteroatoms. The number of benzene rings is 2. The largest absolute Gasteiger partial charge is 0.339 e. The number of hydrogen-bond acceptors (Lipinski definition) is 3. The monoisotopic (exact) mass is 375 g/mol. The van der Waals surface area contributed by atoms with Gasteiger partial charge in [0, 0.05) is 52.0 Å². The molecule has 5 nitrogen and oxygen atoms in total. The van der Waals surface area contributed by atoms with Crippen molar-refractivity contribution in [1.29, 1.82) is 0 Å². The number of aromatic amines is 1. The fourth-order valence-corrected chi connectivity index (χ4v) is 4.11. The van der Waals surface area contributed by atoms with E-state index in [2.05, 4.69) is 28.3 Å². The van der Waals surface area contributed by atoms with Crippen molar-refractivity contribution >= 4 is 38.4 Å². The molecule has 0 aliphatic rings. The lowest BCUT2D eigenvalue weighted by Crippen LogP contribution is -2.26. The number of ketones is 1. The standard InChI is InChI=1S/C23H25N3O2/c1-4-25(5-2)12-13-26-20-8-6-16(15(3)27)14-19(20)22-17-10-11-24-23(28)18(17)7-9-21(22)26/h6-11,14H,4-5,12-13H2,1-3H3,(H,24,28). The van der Waals surface area contributed by atoms with Crippen LogP contribution in [-0.4, -0.2) is 39.9 Å². The molecule has 0 radical (unpaired) electrons. The van der Waals surface area contributed by atoms with Gasteiger partial charge in [0.25, 0.3) is 5.56 Å². The minimum absolute atomic E-state index is 0.0454. The molecular weight excluding hydrogens is 350 g/mol. The number of fused-ring (bicyclic) bond motifs is 5. The Morgan fingerprint density at radius 2 is 1.75 bits per heavy atom. The highest BCUT2D eigenvalue weighted by Gasteiger charge is 2.16. The van der Waals surface area contributed by atoms with Crippen LogP contribution < -0.4 is 5.56 Å². The lowest BCUT2D eigenvalue weighted by Gasteiger charge is -2.19. The smallest absolute Gasteiger partial charge is 0.255 e. The predicted molar refractivity (Wildman–Crippen MR) is 115 cm³/mol. The van der Waals surface area contributed by atoms with E-state index in [4.69, 9.17) is 0 Å². The Bertz CT molecular complexity index is 1250. The molecule has 0 unspecified atom stereocenters. The van der Waals surface area contributed by atoms with Crippen molar-refractivity contribution in [2.45, 2.75) is 27.3 Å². The summed E-state index contributed by atoms with van der Waals surface area (Å²) in [6.45, 7) is 9.77. The first-order valence-corrected chi connectivity index (χ1v) is 9.84. The number of pyridine rings is 1. The Morgan fingerprint density at radius 1 is 1.00 bits per heavy atom. The lowest BCUT2D eigenvalue weighted by atomic mass is 10.0. The fourth-order valence-electron chi connectivity index (χ4n) is 4.11. The van der Waals surface area contributed by atoms with Gasteiger partial charge in [0.1, 0.15) is 0 Å². The molecule has 0 atom stereocenters. The molecule has 2 heterocycles. The van der Waals surface area contributed by atoms with Crippen molar-refractivity contribution in [3.8, 4) is 0 Å². The number of Topliss-reactive ketones (excluding diaryl/α,β-unsaturated/α-hetero) is 1. The van der Waals surface area contributed by atoms with E-state index in [1.807, 2.05) is 36.4 Å². The van der Waals surface area contributed by atoms with Gasteiger partial charge in [-0.1, -0.05) is 13.8 Å².